The van der Waals surface area contributed by atoms with Gasteiger partial charge >= 0.3 is 0 Å². The molecule has 1 unspecified atom stereocenters. The summed E-state index contributed by atoms with van der Waals surface area (Å²) in [5.74, 6) is 0. The van der Waals surface area contributed by atoms with Gasteiger partial charge in [-0.1, -0.05) is 28.1 Å². The van der Waals surface area contributed by atoms with Gasteiger partial charge in [0.25, 0.3) is 0 Å². The van der Waals surface area contributed by atoms with Gasteiger partial charge in [-0.2, -0.15) is 0 Å². The number of nitrogens with zero attached hydrogens (tertiary/aromatic N) is 2. The van der Waals surface area contributed by atoms with E-state index in [4.69, 9.17) is 0 Å². The van der Waals surface area contributed by atoms with Gasteiger partial charge in [-0.25, -0.2) is 4.98 Å². The summed E-state index contributed by atoms with van der Waals surface area (Å²) in [6.45, 7) is 1.03. The number of aryl methyl sites for hydroxylation is 2. The molecule has 100 valence electrons. The van der Waals surface area contributed by atoms with E-state index < -0.39 is 0 Å². The molecule has 0 spiro atoms. The molecule has 4 heteroatoms. The van der Waals surface area contributed by atoms with Crippen LogP contribution in [0.25, 0.3) is 0 Å². The number of hydrogen-bond donors (Lipinski definition) is 1. The van der Waals surface area contributed by atoms with Crippen LogP contribution in [0.4, 0.5) is 0 Å². The molecule has 3 rings (SSSR count). The summed E-state index contributed by atoms with van der Waals surface area (Å²) in [5, 5.41) is 3.61. The molecular weight excluding hydrogens is 302 g/mol. The summed E-state index contributed by atoms with van der Waals surface area (Å²) in [5.41, 5.74) is 4.01. The zero-order chi connectivity index (χ0) is 13.2. The minimum absolute atomic E-state index is 0.426. The third kappa shape index (κ3) is 2.74. The maximum absolute atomic E-state index is 4.49. The zero-order valence-electron chi connectivity index (χ0n) is 11.1. The maximum Gasteiger partial charge on any atom is 0.0949 e. The van der Waals surface area contributed by atoms with E-state index in [1.54, 1.807) is 0 Å². The van der Waals surface area contributed by atoms with Crippen molar-refractivity contribution in [2.45, 2.75) is 25.3 Å². The molecule has 0 radical (unpaired) electrons. The highest BCUT2D eigenvalue weighted by Gasteiger charge is 2.23. The van der Waals surface area contributed by atoms with Crippen molar-refractivity contribution in [2.24, 2.45) is 7.05 Å². The minimum atomic E-state index is 0.426. The van der Waals surface area contributed by atoms with Crippen LogP contribution in [0.3, 0.4) is 0 Å². The zero-order valence-corrected chi connectivity index (χ0v) is 12.7. The number of halogens is 1. The average molecular weight is 320 g/mol. The first-order valence-corrected chi connectivity index (χ1v) is 7.51. The second-order valence-electron chi connectivity index (χ2n) is 5.11. The summed E-state index contributed by atoms with van der Waals surface area (Å²) in [6.07, 6.45) is 5.18. The van der Waals surface area contributed by atoms with Gasteiger partial charge in [-0.15, -0.1) is 0 Å². The molecule has 0 fully saturated rings. The lowest BCUT2D eigenvalue weighted by Gasteiger charge is -2.25. The van der Waals surface area contributed by atoms with E-state index in [1.165, 1.54) is 17.0 Å². The van der Waals surface area contributed by atoms with Crippen LogP contribution < -0.4 is 5.32 Å². The Hall–Kier alpha value is -1.13. The predicted molar refractivity (Wildman–Crippen MR) is 80.1 cm³/mol. The van der Waals surface area contributed by atoms with E-state index in [2.05, 4.69) is 62.1 Å². The summed E-state index contributed by atoms with van der Waals surface area (Å²) < 4.78 is 3.32. The molecule has 1 aromatic carbocycles. The average Bonchev–Trinajstić information content (AvgIpc) is 2.79. The number of hydrogen-bond acceptors (Lipinski definition) is 2. The van der Waals surface area contributed by atoms with E-state index >= 15 is 0 Å². The number of benzene rings is 1. The lowest BCUT2D eigenvalue weighted by Crippen LogP contribution is -2.31. The monoisotopic (exact) mass is 319 g/mol. The maximum atomic E-state index is 4.49. The fraction of sp³-hybridized carbons (Fsp3) is 0.400. The van der Waals surface area contributed by atoms with Crippen LogP contribution in [-0.2, 0) is 19.9 Å². The third-order valence-corrected chi connectivity index (χ3v) is 4.25. The van der Waals surface area contributed by atoms with Crippen molar-refractivity contribution in [1.82, 2.24) is 14.9 Å². The van der Waals surface area contributed by atoms with Gasteiger partial charge in [0.15, 0.2) is 0 Å². The highest BCUT2D eigenvalue weighted by molar-refractivity contribution is 9.10. The number of aromatic nitrogens is 2. The molecule has 1 aromatic heterocycles. The van der Waals surface area contributed by atoms with E-state index in [0.717, 1.165) is 30.3 Å². The molecule has 2 aromatic rings. The Balaban J connectivity index is 1.73. The third-order valence-electron chi connectivity index (χ3n) is 3.76. The van der Waals surface area contributed by atoms with Crippen molar-refractivity contribution >= 4 is 15.9 Å². The predicted octanol–water partition coefficient (Wildman–Crippen LogP) is 3.00. The summed E-state index contributed by atoms with van der Waals surface area (Å²) in [7, 11) is 2.09. The molecule has 0 amide bonds. The molecule has 1 aliphatic rings. The molecular formula is C15H18BrN3. The van der Waals surface area contributed by atoms with E-state index in [-0.39, 0.29) is 0 Å². The second kappa shape index (κ2) is 5.47. The Morgan fingerprint density at radius 1 is 1.47 bits per heavy atom. The molecule has 2 heterocycles. The fourth-order valence-electron chi connectivity index (χ4n) is 2.83. The first-order valence-electron chi connectivity index (χ1n) is 6.72. The standard InChI is InChI=1S/C15H18BrN3/c1-19-10-18-14-7-8-17-13(15(14)19)6-5-11-3-2-4-12(16)9-11/h2-4,9-10,13,17H,5-8H2,1H3. The summed E-state index contributed by atoms with van der Waals surface area (Å²) >= 11 is 3.53. The van der Waals surface area contributed by atoms with Gasteiger partial charge < -0.3 is 9.88 Å². The Labute approximate surface area is 122 Å². The van der Waals surface area contributed by atoms with Crippen LogP contribution >= 0.6 is 15.9 Å². The Bertz CT molecular complexity index is 577. The Kier molecular flexibility index (Phi) is 3.71. The molecule has 3 nitrogen and oxygen atoms in total. The summed E-state index contributed by atoms with van der Waals surface area (Å²) in [6, 6.07) is 8.99. The van der Waals surface area contributed by atoms with E-state index in [9.17, 15) is 0 Å². The van der Waals surface area contributed by atoms with Crippen molar-refractivity contribution in [3.05, 3.63) is 52.0 Å². The minimum Gasteiger partial charge on any atom is -0.336 e. The van der Waals surface area contributed by atoms with Gasteiger partial charge in [-0.3, -0.25) is 0 Å². The molecule has 0 saturated heterocycles. The van der Waals surface area contributed by atoms with Crippen LogP contribution in [0.5, 0.6) is 0 Å². The smallest absolute Gasteiger partial charge is 0.0949 e. The fourth-order valence-corrected chi connectivity index (χ4v) is 3.28. The van der Waals surface area contributed by atoms with Crippen LogP contribution in [0.1, 0.15) is 29.4 Å². The van der Waals surface area contributed by atoms with E-state index in [0.29, 0.717) is 6.04 Å². The van der Waals surface area contributed by atoms with Gasteiger partial charge in [-0.05, 0) is 30.5 Å². The lowest BCUT2D eigenvalue weighted by atomic mass is 9.98. The molecule has 0 bridgehead atoms. The Morgan fingerprint density at radius 2 is 2.37 bits per heavy atom. The normalized spacial score (nSPS) is 18.3. The van der Waals surface area contributed by atoms with Crippen molar-refractivity contribution in [3.8, 4) is 0 Å². The number of imidazole rings is 1. The first kappa shape index (κ1) is 12.9. The molecule has 0 aliphatic carbocycles. The lowest BCUT2D eigenvalue weighted by molar-refractivity contribution is 0.451. The molecule has 1 aliphatic heterocycles. The van der Waals surface area contributed by atoms with Gasteiger partial charge in [0, 0.05) is 30.5 Å². The molecule has 19 heavy (non-hydrogen) atoms. The number of nitrogens with one attached hydrogen (secondary N) is 1. The van der Waals surface area contributed by atoms with Crippen LogP contribution in [0.15, 0.2) is 35.1 Å². The largest absolute Gasteiger partial charge is 0.336 e. The molecule has 1 N–H and O–H groups in total. The quantitative estimate of drug-likeness (QED) is 0.942. The van der Waals surface area contributed by atoms with Crippen LogP contribution in [0, 0.1) is 0 Å². The van der Waals surface area contributed by atoms with Crippen molar-refractivity contribution in [1.29, 1.82) is 0 Å². The van der Waals surface area contributed by atoms with Crippen molar-refractivity contribution in [2.75, 3.05) is 6.54 Å². The number of rotatable bonds is 3. The van der Waals surface area contributed by atoms with Crippen molar-refractivity contribution < 1.29 is 0 Å². The molecule has 0 saturated carbocycles. The number of fused-ring (bicyclic) bond motifs is 1. The van der Waals surface area contributed by atoms with Gasteiger partial charge in [0.1, 0.15) is 0 Å². The van der Waals surface area contributed by atoms with E-state index in [1.807, 2.05) is 6.33 Å². The Morgan fingerprint density at radius 3 is 3.21 bits per heavy atom. The second-order valence-corrected chi connectivity index (χ2v) is 6.03. The van der Waals surface area contributed by atoms with Crippen LogP contribution in [0.2, 0.25) is 0 Å². The SMILES string of the molecule is Cn1cnc2c1C(CCc1cccc(Br)c1)NCC2. The summed E-state index contributed by atoms with van der Waals surface area (Å²) in [4.78, 5) is 4.49. The van der Waals surface area contributed by atoms with Crippen molar-refractivity contribution in [3.63, 3.8) is 0 Å². The highest BCUT2D eigenvalue weighted by Crippen LogP contribution is 2.25. The topological polar surface area (TPSA) is 29.9 Å². The highest BCUT2D eigenvalue weighted by atomic mass is 79.9. The van der Waals surface area contributed by atoms with Gasteiger partial charge in [0.05, 0.1) is 17.7 Å². The first-order chi connectivity index (χ1) is 9.24. The van der Waals surface area contributed by atoms with Crippen LogP contribution in [-0.4, -0.2) is 16.1 Å². The van der Waals surface area contributed by atoms with Gasteiger partial charge in [0.2, 0.25) is 0 Å². The molecule has 1 atom stereocenters.